The van der Waals surface area contributed by atoms with E-state index in [1.807, 2.05) is 0 Å². The van der Waals surface area contributed by atoms with Crippen LogP contribution < -0.4 is 4.90 Å². The van der Waals surface area contributed by atoms with Gasteiger partial charge in [-0.25, -0.2) is 0 Å². The van der Waals surface area contributed by atoms with Gasteiger partial charge < -0.3 is 14.0 Å². The molecule has 16 rings (SSSR count). The minimum absolute atomic E-state index is 0.0868. The van der Waals surface area contributed by atoms with Gasteiger partial charge in [0.05, 0.1) is 33.2 Å². The molecule has 0 atom stereocenters. The van der Waals surface area contributed by atoms with Crippen LogP contribution in [0.5, 0.6) is 0 Å². The first-order valence-corrected chi connectivity index (χ1v) is 28.0. The van der Waals surface area contributed by atoms with Crippen molar-refractivity contribution in [2.75, 3.05) is 4.90 Å². The maximum atomic E-state index is 2.49. The first kappa shape index (κ1) is 46.2. The molecule has 12 aromatic carbocycles. The van der Waals surface area contributed by atoms with Crippen LogP contribution >= 0.6 is 0 Å². The summed E-state index contributed by atoms with van der Waals surface area (Å²) in [7, 11) is 0. The Morgan fingerprint density at radius 2 is 0.750 bits per heavy atom. The van der Waals surface area contributed by atoms with Gasteiger partial charge >= 0.3 is 0 Å². The second kappa shape index (κ2) is 17.5. The lowest BCUT2D eigenvalue weighted by Crippen LogP contribution is -2.26. The van der Waals surface area contributed by atoms with Gasteiger partial charge in [-0.15, -0.1) is 0 Å². The van der Waals surface area contributed by atoms with Gasteiger partial charge in [-0.05, 0) is 145 Å². The van der Waals surface area contributed by atoms with Gasteiger partial charge in [0.2, 0.25) is 0 Å². The number of nitrogens with zero attached hydrogens (tertiary/aromatic N) is 3. The first-order chi connectivity index (χ1) is 39.3. The standard InChI is InChI=1S/C77H55N3/c1-76(2,3)54-39-32-50(33-40-54)51-34-41-56(42-35-51)78(72-31-17-28-69-75(72)65-24-9-14-27-68(65)77(69)66-25-12-7-20-59(66)60-21-8-13-26-67(60)77)57-43-36-52(37-44-57)53-38-46-63-61-22-11-16-30-71(61)80(73(63)48-53)58-45-47-64-62-23-10-15-29-70(62)79(74(64)49-58)55-18-5-4-6-19-55/h4-49H,1-3H3. The average molecular weight is 1020 g/mol. The molecule has 0 N–H and O–H groups in total. The van der Waals surface area contributed by atoms with Crippen LogP contribution in [0.25, 0.3) is 99.5 Å². The summed E-state index contributed by atoms with van der Waals surface area (Å²) in [6.07, 6.45) is 0. The molecule has 0 amide bonds. The molecule has 0 unspecified atom stereocenters. The maximum absolute atomic E-state index is 2.49. The summed E-state index contributed by atoms with van der Waals surface area (Å²) in [5, 5.41) is 4.95. The van der Waals surface area contributed by atoms with Gasteiger partial charge in [0.1, 0.15) is 0 Å². The van der Waals surface area contributed by atoms with Crippen molar-refractivity contribution < 1.29 is 0 Å². The number of anilines is 3. The van der Waals surface area contributed by atoms with E-state index in [0.717, 1.165) is 39.6 Å². The van der Waals surface area contributed by atoms with Crippen LogP contribution in [0.15, 0.2) is 279 Å². The Bertz CT molecular complexity index is 4730. The minimum Gasteiger partial charge on any atom is -0.310 e. The number of rotatable bonds is 7. The van der Waals surface area contributed by atoms with Crippen molar-refractivity contribution in [1.29, 1.82) is 0 Å². The molecule has 1 spiro atoms. The Hall–Kier alpha value is -9.96. The SMILES string of the molecule is CC(C)(C)c1ccc(-c2ccc(N(c3ccc(-c4ccc5c6ccccc6n(-c6ccc7c8ccccc8n(-c8ccccc8)c7c6)c5c4)cc3)c3cccc4c3-c3ccccc3C43c4ccccc4-c4ccccc43)cc2)cc1. The zero-order valence-electron chi connectivity index (χ0n) is 44.9. The topological polar surface area (TPSA) is 13.1 Å². The van der Waals surface area contributed by atoms with E-state index in [2.05, 4.69) is 314 Å². The molecule has 2 aliphatic rings. The van der Waals surface area contributed by atoms with Crippen molar-refractivity contribution in [3.05, 3.63) is 307 Å². The molecule has 378 valence electrons. The molecular formula is C77H55N3. The molecule has 2 aromatic heterocycles. The van der Waals surface area contributed by atoms with Crippen LogP contribution in [0.3, 0.4) is 0 Å². The fraction of sp³-hybridized carbons (Fsp3) is 0.0649. The van der Waals surface area contributed by atoms with Crippen LogP contribution in [-0.2, 0) is 10.8 Å². The van der Waals surface area contributed by atoms with E-state index >= 15 is 0 Å². The lowest BCUT2D eigenvalue weighted by atomic mass is 9.70. The van der Waals surface area contributed by atoms with E-state index in [4.69, 9.17) is 0 Å². The summed E-state index contributed by atoms with van der Waals surface area (Å²) in [6.45, 7) is 6.82. The molecule has 0 saturated heterocycles. The summed E-state index contributed by atoms with van der Waals surface area (Å²) in [4.78, 5) is 2.49. The largest absolute Gasteiger partial charge is 0.310 e. The van der Waals surface area contributed by atoms with Crippen LogP contribution in [0.1, 0.15) is 48.6 Å². The highest BCUT2D eigenvalue weighted by molar-refractivity contribution is 6.13. The lowest BCUT2D eigenvalue weighted by Gasteiger charge is -2.32. The normalized spacial score (nSPS) is 13.0. The molecule has 0 saturated carbocycles. The van der Waals surface area contributed by atoms with E-state index in [1.165, 1.54) is 105 Å². The molecule has 0 fully saturated rings. The van der Waals surface area contributed by atoms with Crippen LogP contribution in [0.2, 0.25) is 0 Å². The third-order valence-corrected chi connectivity index (χ3v) is 17.5. The van der Waals surface area contributed by atoms with Gasteiger partial charge in [-0.2, -0.15) is 0 Å². The quantitative estimate of drug-likeness (QED) is 0.155. The van der Waals surface area contributed by atoms with Gasteiger partial charge in [0, 0.05) is 49.9 Å². The smallest absolute Gasteiger partial charge is 0.0726 e. The summed E-state index contributed by atoms with van der Waals surface area (Å²) in [5.41, 5.74) is 26.5. The van der Waals surface area contributed by atoms with E-state index in [-0.39, 0.29) is 5.41 Å². The highest BCUT2D eigenvalue weighted by Crippen LogP contribution is 2.64. The van der Waals surface area contributed by atoms with Crippen molar-refractivity contribution in [3.63, 3.8) is 0 Å². The highest BCUT2D eigenvalue weighted by Gasteiger charge is 2.52. The van der Waals surface area contributed by atoms with E-state index in [0.29, 0.717) is 0 Å². The van der Waals surface area contributed by atoms with Crippen LogP contribution in [-0.4, -0.2) is 9.13 Å². The molecule has 3 heteroatoms. The summed E-state index contributed by atoms with van der Waals surface area (Å²) >= 11 is 0. The molecule has 0 bridgehead atoms. The molecule has 14 aromatic rings. The number of aromatic nitrogens is 2. The Balaban J connectivity index is 0.852. The number of hydrogen-bond donors (Lipinski definition) is 0. The molecular weight excluding hydrogens is 967 g/mol. The van der Waals surface area contributed by atoms with E-state index in [9.17, 15) is 0 Å². The van der Waals surface area contributed by atoms with Crippen LogP contribution in [0, 0.1) is 0 Å². The molecule has 3 nitrogen and oxygen atoms in total. The number of para-hydroxylation sites is 3. The Kier molecular flexibility index (Phi) is 10.1. The lowest BCUT2D eigenvalue weighted by molar-refractivity contribution is 0.590. The Morgan fingerprint density at radius 3 is 1.35 bits per heavy atom. The summed E-state index contributed by atoms with van der Waals surface area (Å²) in [5.74, 6) is 0. The fourth-order valence-electron chi connectivity index (χ4n) is 13.9. The van der Waals surface area contributed by atoms with Crippen LogP contribution in [0.4, 0.5) is 17.1 Å². The van der Waals surface area contributed by atoms with Crippen molar-refractivity contribution in [2.45, 2.75) is 31.6 Å². The summed E-state index contributed by atoms with van der Waals surface area (Å²) < 4.78 is 4.87. The zero-order chi connectivity index (χ0) is 53.3. The molecule has 80 heavy (non-hydrogen) atoms. The highest BCUT2D eigenvalue weighted by atomic mass is 15.1. The summed E-state index contributed by atoms with van der Waals surface area (Å²) in [6, 6.07) is 104. The molecule has 0 aliphatic heterocycles. The maximum Gasteiger partial charge on any atom is 0.0726 e. The molecule has 0 radical (unpaired) electrons. The van der Waals surface area contributed by atoms with E-state index in [1.54, 1.807) is 0 Å². The predicted molar refractivity (Wildman–Crippen MR) is 336 cm³/mol. The first-order valence-electron chi connectivity index (χ1n) is 28.0. The van der Waals surface area contributed by atoms with Gasteiger partial charge in [0.15, 0.2) is 0 Å². The van der Waals surface area contributed by atoms with Crippen molar-refractivity contribution in [1.82, 2.24) is 9.13 Å². The number of hydrogen-bond acceptors (Lipinski definition) is 1. The second-order valence-corrected chi connectivity index (χ2v) is 22.8. The van der Waals surface area contributed by atoms with Crippen molar-refractivity contribution in [2.24, 2.45) is 0 Å². The second-order valence-electron chi connectivity index (χ2n) is 22.8. The number of fused-ring (bicyclic) bond motifs is 16. The van der Waals surface area contributed by atoms with Gasteiger partial charge in [-0.3, -0.25) is 0 Å². The molecule has 2 heterocycles. The average Bonchev–Trinajstić information content (AvgIpc) is 4.24. The Morgan fingerprint density at radius 1 is 0.312 bits per heavy atom. The predicted octanol–water partition coefficient (Wildman–Crippen LogP) is 20.3. The zero-order valence-corrected chi connectivity index (χ0v) is 44.9. The number of benzene rings is 12. The fourth-order valence-corrected chi connectivity index (χ4v) is 13.9. The van der Waals surface area contributed by atoms with Gasteiger partial charge in [0.25, 0.3) is 0 Å². The third kappa shape index (κ3) is 6.74. The monoisotopic (exact) mass is 1020 g/mol. The van der Waals surface area contributed by atoms with Gasteiger partial charge in [-0.1, -0.05) is 227 Å². The Labute approximate surface area is 466 Å². The van der Waals surface area contributed by atoms with Crippen molar-refractivity contribution >= 4 is 60.7 Å². The third-order valence-electron chi connectivity index (χ3n) is 17.5. The molecule has 2 aliphatic carbocycles. The van der Waals surface area contributed by atoms with E-state index < -0.39 is 5.41 Å². The van der Waals surface area contributed by atoms with Crippen molar-refractivity contribution in [3.8, 4) is 55.9 Å². The minimum atomic E-state index is -0.457.